The number of amides is 1. The van der Waals surface area contributed by atoms with E-state index in [-0.39, 0.29) is 0 Å². The van der Waals surface area contributed by atoms with Crippen molar-refractivity contribution in [2.24, 2.45) is 5.73 Å². The molecular formula is C28H36N4O2S. The number of aromatic nitrogens is 1. The van der Waals surface area contributed by atoms with Gasteiger partial charge in [0.1, 0.15) is 0 Å². The number of nitrogens with two attached hydrogens (primary N) is 1. The lowest BCUT2D eigenvalue weighted by Crippen LogP contribution is -2.35. The lowest BCUT2D eigenvalue weighted by molar-refractivity contribution is 0.100. The number of primary amides is 1. The van der Waals surface area contributed by atoms with Crippen molar-refractivity contribution in [3.63, 3.8) is 0 Å². The number of benzene rings is 2. The summed E-state index contributed by atoms with van der Waals surface area (Å²) in [7, 11) is -0.887. The third-order valence-electron chi connectivity index (χ3n) is 7.91. The van der Waals surface area contributed by atoms with Gasteiger partial charge >= 0.3 is 0 Å². The van der Waals surface area contributed by atoms with E-state index in [4.69, 9.17) is 5.73 Å². The summed E-state index contributed by atoms with van der Waals surface area (Å²) >= 11 is 0. The Morgan fingerprint density at radius 2 is 1.86 bits per heavy atom. The van der Waals surface area contributed by atoms with E-state index in [1.807, 2.05) is 19.2 Å². The van der Waals surface area contributed by atoms with Crippen LogP contribution in [-0.2, 0) is 11.0 Å². The van der Waals surface area contributed by atoms with Gasteiger partial charge in [-0.3, -0.25) is 9.69 Å². The molecule has 3 N–H and O–H groups in total. The average molecular weight is 493 g/mol. The molecule has 1 amide bonds. The van der Waals surface area contributed by atoms with Crippen LogP contribution in [0.15, 0.2) is 42.6 Å². The Balaban J connectivity index is 1.50. The highest BCUT2D eigenvalue weighted by molar-refractivity contribution is 7.82. The van der Waals surface area contributed by atoms with Crippen LogP contribution < -0.4 is 5.73 Å². The summed E-state index contributed by atoms with van der Waals surface area (Å²) < 4.78 is 14.3. The molecule has 3 heterocycles. The van der Waals surface area contributed by atoms with Gasteiger partial charge in [-0.25, -0.2) is 8.51 Å². The van der Waals surface area contributed by atoms with Gasteiger partial charge in [0.25, 0.3) is 5.91 Å². The van der Waals surface area contributed by atoms with Crippen LogP contribution in [0.25, 0.3) is 22.0 Å². The topological polar surface area (TPSA) is 82.4 Å². The van der Waals surface area contributed by atoms with Crippen molar-refractivity contribution >= 4 is 27.8 Å². The molecule has 0 saturated carbocycles. The predicted molar refractivity (Wildman–Crippen MR) is 144 cm³/mol. The Bertz CT molecular complexity index is 1240. The predicted octanol–water partition coefficient (Wildman–Crippen LogP) is 4.95. The van der Waals surface area contributed by atoms with Crippen molar-refractivity contribution in [1.29, 1.82) is 0 Å². The maximum Gasteiger partial charge on any atom is 0.250 e. The lowest BCUT2D eigenvalue weighted by Gasteiger charge is -2.30. The van der Waals surface area contributed by atoms with Gasteiger partial charge in [0.2, 0.25) is 0 Å². The fourth-order valence-corrected chi connectivity index (χ4v) is 6.81. The maximum absolute atomic E-state index is 12.4. The Hall–Kier alpha value is -2.48. The fraction of sp³-hybridized carbons (Fsp3) is 0.464. The molecule has 35 heavy (non-hydrogen) atoms. The van der Waals surface area contributed by atoms with Gasteiger partial charge < -0.3 is 10.7 Å². The number of likely N-dealkylation sites (tertiary alicyclic amines) is 1. The van der Waals surface area contributed by atoms with Crippen molar-refractivity contribution < 1.29 is 9.00 Å². The molecule has 0 spiro atoms. The number of fused-ring (bicyclic) bond motifs is 1. The van der Waals surface area contributed by atoms with E-state index < -0.39 is 16.9 Å². The third kappa shape index (κ3) is 4.82. The van der Waals surface area contributed by atoms with E-state index in [0.29, 0.717) is 23.3 Å². The van der Waals surface area contributed by atoms with E-state index >= 15 is 0 Å². The molecule has 2 aliphatic heterocycles. The van der Waals surface area contributed by atoms with E-state index in [0.717, 1.165) is 61.1 Å². The zero-order valence-corrected chi connectivity index (χ0v) is 21.6. The summed E-state index contributed by atoms with van der Waals surface area (Å²) in [6, 6.07) is 13.2. The zero-order chi connectivity index (χ0) is 24.5. The van der Waals surface area contributed by atoms with Crippen molar-refractivity contribution in [2.45, 2.75) is 51.5 Å². The van der Waals surface area contributed by atoms with E-state index in [1.165, 1.54) is 24.0 Å². The summed E-state index contributed by atoms with van der Waals surface area (Å²) in [6.07, 6.45) is 6.50. The first kappa shape index (κ1) is 24.2. The molecular weight excluding hydrogens is 456 g/mol. The molecule has 6 nitrogen and oxygen atoms in total. The van der Waals surface area contributed by atoms with Crippen molar-refractivity contribution in [3.05, 3.63) is 59.3 Å². The zero-order valence-electron chi connectivity index (χ0n) is 20.8. The molecule has 186 valence electrons. The summed E-state index contributed by atoms with van der Waals surface area (Å²) in [5.41, 5.74) is 11.8. The van der Waals surface area contributed by atoms with Crippen molar-refractivity contribution in [1.82, 2.24) is 14.2 Å². The van der Waals surface area contributed by atoms with Gasteiger partial charge in [-0.1, -0.05) is 25.1 Å². The number of carbonyl (C=O) groups excluding carboxylic acids is 1. The van der Waals surface area contributed by atoms with Crippen molar-refractivity contribution in [2.75, 3.05) is 31.9 Å². The summed E-state index contributed by atoms with van der Waals surface area (Å²) in [5.74, 6) is 0.616. The molecule has 2 unspecified atom stereocenters. The Morgan fingerprint density at radius 1 is 1.11 bits per heavy atom. The molecule has 0 aliphatic carbocycles. The molecule has 2 fully saturated rings. The molecule has 0 bridgehead atoms. The number of carbonyl (C=O) groups is 1. The van der Waals surface area contributed by atoms with Gasteiger partial charge in [-0.2, -0.15) is 0 Å². The molecule has 2 aromatic carbocycles. The van der Waals surface area contributed by atoms with Gasteiger partial charge in [-0.15, -0.1) is 0 Å². The molecule has 5 rings (SSSR count). The molecule has 2 saturated heterocycles. The summed E-state index contributed by atoms with van der Waals surface area (Å²) in [6.45, 7) is 8.22. The molecule has 7 heteroatoms. The number of piperidine rings is 1. The highest BCUT2D eigenvalue weighted by Gasteiger charge is 2.26. The standard InChI is InChI=1S/C28H36N4O2S/c1-3-35(34)32-13-9-20(10-14-32)26-18-30-27-24(26)16-23(17-25(27)28(29)33)22-8-6-7-21(15-22)19(2)31-11-4-5-12-31/h6-8,15-20,30H,3-5,9-14H2,1-2H3,(H2,29,33). The minimum absolute atomic E-state index is 0.367. The maximum atomic E-state index is 12.4. The molecule has 2 atom stereocenters. The average Bonchev–Trinajstić information content (AvgIpc) is 3.58. The number of H-pyrrole nitrogens is 1. The van der Waals surface area contributed by atoms with Crippen LogP contribution in [0.4, 0.5) is 0 Å². The number of nitrogens with zero attached hydrogens (tertiary/aromatic N) is 2. The highest BCUT2D eigenvalue weighted by Crippen LogP contribution is 2.37. The second-order valence-electron chi connectivity index (χ2n) is 9.91. The monoisotopic (exact) mass is 492 g/mol. The van der Waals surface area contributed by atoms with Gasteiger partial charge in [-0.05, 0) is 92.1 Å². The normalized spacial score (nSPS) is 19.8. The van der Waals surface area contributed by atoms with Crippen LogP contribution in [-0.4, -0.2) is 56.2 Å². The van der Waals surface area contributed by atoms with E-state index in [1.54, 1.807) is 0 Å². The number of aromatic amines is 1. The minimum Gasteiger partial charge on any atom is -0.366 e. The Kier molecular flexibility index (Phi) is 7.09. The molecule has 2 aliphatic rings. The van der Waals surface area contributed by atoms with Gasteiger partial charge in [0.15, 0.2) is 0 Å². The van der Waals surface area contributed by atoms with E-state index in [9.17, 15) is 9.00 Å². The first-order chi connectivity index (χ1) is 17.0. The van der Waals surface area contributed by atoms with E-state index in [2.05, 4.69) is 51.4 Å². The molecule has 3 aromatic rings. The van der Waals surface area contributed by atoms with Crippen LogP contribution in [0.5, 0.6) is 0 Å². The quantitative estimate of drug-likeness (QED) is 0.489. The minimum atomic E-state index is -0.887. The number of rotatable bonds is 7. The van der Waals surface area contributed by atoms with Crippen LogP contribution in [0.2, 0.25) is 0 Å². The first-order valence-electron chi connectivity index (χ1n) is 12.9. The molecule has 1 aromatic heterocycles. The molecule has 0 radical (unpaired) electrons. The number of nitrogens with one attached hydrogen (secondary N) is 1. The first-order valence-corrected chi connectivity index (χ1v) is 14.2. The SMILES string of the molecule is CCS(=O)N1CCC(c2c[nH]c3c(C(N)=O)cc(-c4cccc(C(C)N5CCCC5)c4)cc23)CC1. The third-order valence-corrected chi connectivity index (χ3v) is 9.34. The highest BCUT2D eigenvalue weighted by atomic mass is 32.2. The van der Waals surface area contributed by atoms with Crippen LogP contribution in [0.1, 0.15) is 73.0 Å². The second kappa shape index (κ2) is 10.2. The van der Waals surface area contributed by atoms with Crippen molar-refractivity contribution in [3.8, 4) is 11.1 Å². The number of hydrogen-bond donors (Lipinski definition) is 2. The fourth-order valence-electron chi connectivity index (χ4n) is 5.82. The van der Waals surface area contributed by atoms with Crippen LogP contribution >= 0.6 is 0 Å². The number of hydrogen-bond acceptors (Lipinski definition) is 3. The smallest absolute Gasteiger partial charge is 0.250 e. The van der Waals surface area contributed by atoms with Gasteiger partial charge in [0, 0.05) is 36.5 Å². The van der Waals surface area contributed by atoms with Crippen LogP contribution in [0, 0.1) is 0 Å². The largest absolute Gasteiger partial charge is 0.366 e. The van der Waals surface area contributed by atoms with Gasteiger partial charge in [0.05, 0.1) is 22.1 Å². The Morgan fingerprint density at radius 3 is 2.54 bits per heavy atom. The van der Waals surface area contributed by atoms with Crippen LogP contribution in [0.3, 0.4) is 0 Å². The summed E-state index contributed by atoms with van der Waals surface area (Å²) in [4.78, 5) is 18.3. The second-order valence-corrected chi connectivity index (χ2v) is 11.6. The lowest BCUT2D eigenvalue weighted by atomic mass is 9.88. The summed E-state index contributed by atoms with van der Waals surface area (Å²) in [5, 5.41) is 1.07. The Labute approximate surface area is 210 Å².